The number of carbonyl (C=O) groups is 2. The van der Waals surface area contributed by atoms with Gasteiger partial charge in [0.1, 0.15) is 5.82 Å². The lowest BCUT2D eigenvalue weighted by atomic mass is 10.1. The molecule has 2 rings (SSSR count). The number of carbonyl (C=O) groups excluding carboxylic acids is 1. The minimum atomic E-state index is -1.28. The summed E-state index contributed by atoms with van der Waals surface area (Å²) in [6.07, 6.45) is 0.802. The van der Waals surface area contributed by atoms with Crippen LogP contribution in [0.4, 0.5) is 14.9 Å². The van der Waals surface area contributed by atoms with E-state index in [0.717, 1.165) is 19.0 Å². The highest BCUT2D eigenvalue weighted by atomic mass is 19.1. The average molecular weight is 281 g/mol. The summed E-state index contributed by atoms with van der Waals surface area (Å²) >= 11 is 0. The van der Waals surface area contributed by atoms with Crippen LogP contribution in [0.15, 0.2) is 18.2 Å². The minimum Gasteiger partial charge on any atom is -0.478 e. The number of nitrogens with one attached hydrogen (secondary N) is 2. The van der Waals surface area contributed by atoms with Gasteiger partial charge in [0.2, 0.25) is 0 Å². The minimum absolute atomic E-state index is 0.258. The summed E-state index contributed by atoms with van der Waals surface area (Å²) in [7, 11) is 0. The van der Waals surface area contributed by atoms with E-state index in [4.69, 9.17) is 5.11 Å². The Balaban J connectivity index is 2.16. The summed E-state index contributed by atoms with van der Waals surface area (Å²) in [5.74, 6) is -2.04. The summed E-state index contributed by atoms with van der Waals surface area (Å²) in [5, 5.41) is 14.5. The van der Waals surface area contributed by atoms with Gasteiger partial charge in [-0.2, -0.15) is 0 Å². The maximum Gasteiger partial charge on any atom is 0.337 e. The first-order valence-corrected chi connectivity index (χ1v) is 6.38. The molecule has 1 aromatic carbocycles. The molecule has 1 aromatic rings. The lowest BCUT2D eigenvalue weighted by Gasteiger charge is -2.21. The molecule has 3 N–H and O–H groups in total. The van der Waals surface area contributed by atoms with Gasteiger partial charge in [0.15, 0.2) is 0 Å². The van der Waals surface area contributed by atoms with Gasteiger partial charge in [-0.25, -0.2) is 14.0 Å². The molecule has 1 aliphatic heterocycles. The van der Waals surface area contributed by atoms with Crippen molar-refractivity contribution in [1.82, 2.24) is 10.2 Å². The van der Waals surface area contributed by atoms with Gasteiger partial charge < -0.3 is 20.6 Å². The topological polar surface area (TPSA) is 81.7 Å². The summed E-state index contributed by atoms with van der Waals surface area (Å²) < 4.78 is 13.7. The van der Waals surface area contributed by atoms with Gasteiger partial charge in [-0.05, 0) is 25.1 Å². The van der Waals surface area contributed by atoms with E-state index in [1.165, 1.54) is 17.0 Å². The highest BCUT2D eigenvalue weighted by Crippen LogP contribution is 2.20. The van der Waals surface area contributed by atoms with E-state index in [1.54, 1.807) is 0 Å². The van der Waals surface area contributed by atoms with E-state index in [9.17, 15) is 14.0 Å². The number of carboxylic acids is 1. The van der Waals surface area contributed by atoms with E-state index in [1.807, 2.05) is 0 Å². The lowest BCUT2D eigenvalue weighted by Crippen LogP contribution is -2.38. The number of benzene rings is 1. The van der Waals surface area contributed by atoms with Crippen LogP contribution >= 0.6 is 0 Å². The number of aromatic carboxylic acids is 1. The fourth-order valence-electron chi connectivity index (χ4n) is 2.06. The largest absolute Gasteiger partial charge is 0.478 e. The molecule has 1 aliphatic rings. The summed E-state index contributed by atoms with van der Waals surface area (Å²) in [6.45, 7) is 2.54. The molecule has 0 bridgehead atoms. The Morgan fingerprint density at radius 3 is 2.85 bits per heavy atom. The highest BCUT2D eigenvalue weighted by Gasteiger charge is 2.20. The van der Waals surface area contributed by atoms with Crippen LogP contribution in [-0.4, -0.2) is 48.2 Å². The van der Waals surface area contributed by atoms with Crippen molar-refractivity contribution in [2.75, 3.05) is 31.5 Å². The Morgan fingerprint density at radius 2 is 2.10 bits per heavy atom. The van der Waals surface area contributed by atoms with Gasteiger partial charge in [0, 0.05) is 19.6 Å². The number of rotatable bonds is 2. The molecule has 20 heavy (non-hydrogen) atoms. The van der Waals surface area contributed by atoms with Crippen LogP contribution in [0.5, 0.6) is 0 Å². The van der Waals surface area contributed by atoms with Gasteiger partial charge in [0.25, 0.3) is 0 Å². The quantitative estimate of drug-likeness (QED) is 0.764. The highest BCUT2D eigenvalue weighted by molar-refractivity contribution is 6.00. The van der Waals surface area contributed by atoms with E-state index >= 15 is 0 Å². The number of halogens is 1. The molecule has 1 heterocycles. The Labute approximate surface area is 115 Å². The summed E-state index contributed by atoms with van der Waals surface area (Å²) in [5.41, 5.74) is -0.548. The Bertz CT molecular complexity index is 514. The van der Waals surface area contributed by atoms with Crippen LogP contribution in [-0.2, 0) is 0 Å². The molecule has 0 unspecified atom stereocenters. The summed E-state index contributed by atoms with van der Waals surface area (Å²) in [4.78, 5) is 24.7. The van der Waals surface area contributed by atoms with Crippen molar-refractivity contribution < 1.29 is 19.1 Å². The van der Waals surface area contributed by atoms with Gasteiger partial charge >= 0.3 is 12.0 Å². The molecule has 0 atom stereocenters. The van der Waals surface area contributed by atoms with Gasteiger partial charge in [0.05, 0.1) is 11.3 Å². The molecule has 0 aliphatic carbocycles. The van der Waals surface area contributed by atoms with Crippen molar-refractivity contribution in [1.29, 1.82) is 0 Å². The molecule has 1 fully saturated rings. The molecule has 1 saturated heterocycles. The van der Waals surface area contributed by atoms with Crippen LogP contribution in [0.2, 0.25) is 0 Å². The molecule has 0 radical (unpaired) electrons. The van der Waals surface area contributed by atoms with Gasteiger partial charge in [-0.15, -0.1) is 0 Å². The smallest absolute Gasteiger partial charge is 0.337 e. The predicted molar refractivity (Wildman–Crippen MR) is 71.4 cm³/mol. The number of hydrogen-bond donors (Lipinski definition) is 3. The molecule has 6 nitrogen and oxygen atoms in total. The molecule has 7 heteroatoms. The number of carboxylic acid groups (broad SMARTS) is 1. The van der Waals surface area contributed by atoms with Crippen LogP contribution in [0.1, 0.15) is 16.8 Å². The van der Waals surface area contributed by atoms with Gasteiger partial charge in [-0.3, -0.25) is 0 Å². The molecular formula is C13H16FN3O3. The van der Waals surface area contributed by atoms with Crippen molar-refractivity contribution in [3.63, 3.8) is 0 Å². The second-order valence-electron chi connectivity index (χ2n) is 4.49. The zero-order valence-corrected chi connectivity index (χ0v) is 10.9. The second-order valence-corrected chi connectivity index (χ2v) is 4.49. The molecule has 0 aromatic heterocycles. The fourth-order valence-corrected chi connectivity index (χ4v) is 2.06. The first-order chi connectivity index (χ1) is 9.59. The number of amides is 2. The molecular weight excluding hydrogens is 265 g/mol. The standard InChI is InChI=1S/C13H16FN3O3/c14-10-4-1-3-9(12(18)19)11(10)16-13(20)17-7-2-5-15-6-8-17/h1,3-4,15H,2,5-8H2,(H,16,20)(H,18,19). The number of anilines is 1. The van der Waals surface area contributed by atoms with Crippen molar-refractivity contribution in [3.05, 3.63) is 29.6 Å². The fraction of sp³-hybridized carbons (Fsp3) is 0.385. The molecule has 108 valence electrons. The number of hydrogen-bond acceptors (Lipinski definition) is 3. The van der Waals surface area contributed by atoms with Crippen LogP contribution in [0.3, 0.4) is 0 Å². The monoisotopic (exact) mass is 281 g/mol. The first kappa shape index (κ1) is 14.3. The maximum absolute atomic E-state index is 13.7. The molecule has 0 spiro atoms. The zero-order valence-electron chi connectivity index (χ0n) is 10.9. The lowest BCUT2D eigenvalue weighted by molar-refractivity contribution is 0.0697. The normalized spacial score (nSPS) is 15.6. The van der Waals surface area contributed by atoms with E-state index in [-0.39, 0.29) is 11.3 Å². The second kappa shape index (κ2) is 6.33. The van der Waals surface area contributed by atoms with Crippen LogP contribution in [0.25, 0.3) is 0 Å². The van der Waals surface area contributed by atoms with E-state index in [2.05, 4.69) is 10.6 Å². The molecule has 0 saturated carbocycles. The number of para-hydroxylation sites is 1. The summed E-state index contributed by atoms with van der Waals surface area (Å²) in [6, 6.07) is 3.18. The van der Waals surface area contributed by atoms with Crippen LogP contribution in [0, 0.1) is 5.82 Å². The van der Waals surface area contributed by atoms with Crippen molar-refractivity contribution in [2.24, 2.45) is 0 Å². The van der Waals surface area contributed by atoms with E-state index < -0.39 is 17.8 Å². The average Bonchev–Trinajstić information content (AvgIpc) is 2.69. The third-order valence-corrected chi connectivity index (χ3v) is 3.10. The Hall–Kier alpha value is -2.15. The van der Waals surface area contributed by atoms with Crippen molar-refractivity contribution >= 4 is 17.7 Å². The zero-order chi connectivity index (χ0) is 14.5. The third kappa shape index (κ3) is 3.24. The van der Waals surface area contributed by atoms with Crippen molar-refractivity contribution in [2.45, 2.75) is 6.42 Å². The van der Waals surface area contributed by atoms with Crippen LogP contribution < -0.4 is 10.6 Å². The number of nitrogens with zero attached hydrogens (tertiary/aromatic N) is 1. The molecule has 2 amide bonds. The number of urea groups is 1. The van der Waals surface area contributed by atoms with Crippen molar-refractivity contribution in [3.8, 4) is 0 Å². The Morgan fingerprint density at radius 1 is 1.30 bits per heavy atom. The Kier molecular flexibility index (Phi) is 4.52. The SMILES string of the molecule is O=C(O)c1cccc(F)c1NC(=O)N1CCCNCC1. The third-order valence-electron chi connectivity index (χ3n) is 3.10. The predicted octanol–water partition coefficient (Wildman–Crippen LogP) is 1.35. The van der Waals surface area contributed by atoms with E-state index in [0.29, 0.717) is 19.6 Å². The van der Waals surface area contributed by atoms with Gasteiger partial charge in [-0.1, -0.05) is 6.07 Å². The first-order valence-electron chi connectivity index (χ1n) is 6.38. The maximum atomic E-state index is 13.7.